The summed E-state index contributed by atoms with van der Waals surface area (Å²) in [5.74, 6) is -0.144. The van der Waals surface area contributed by atoms with Gasteiger partial charge in [-0.2, -0.15) is 5.10 Å². The zero-order valence-electron chi connectivity index (χ0n) is 17.4. The van der Waals surface area contributed by atoms with Crippen LogP contribution < -0.4 is 0 Å². The fourth-order valence-electron chi connectivity index (χ4n) is 3.80. The van der Waals surface area contributed by atoms with Crippen molar-refractivity contribution in [2.75, 3.05) is 0 Å². The first-order valence-electron chi connectivity index (χ1n) is 10.2. The van der Waals surface area contributed by atoms with Crippen molar-refractivity contribution >= 4 is 46.6 Å². The van der Waals surface area contributed by atoms with Crippen LogP contribution in [-0.4, -0.2) is 16.6 Å². The number of halogens is 1. The molecule has 0 fully saturated rings. The summed E-state index contributed by atoms with van der Waals surface area (Å²) in [6.07, 6.45) is 6.36. The number of allylic oxidation sites excluding steroid dienone is 4. The van der Waals surface area contributed by atoms with E-state index in [1.165, 1.54) is 5.39 Å². The van der Waals surface area contributed by atoms with E-state index in [2.05, 4.69) is 43.0 Å². The molecule has 0 aliphatic carbocycles. The Morgan fingerprint density at radius 2 is 1.90 bits per heavy atom. The number of aryl methyl sites for hydroxylation is 1. The maximum absolute atomic E-state index is 13.5. The van der Waals surface area contributed by atoms with Gasteiger partial charge in [0.2, 0.25) is 0 Å². The summed E-state index contributed by atoms with van der Waals surface area (Å²) in [6, 6.07) is 19.6. The molecule has 156 valence electrons. The van der Waals surface area contributed by atoms with Crippen LogP contribution in [0.1, 0.15) is 40.9 Å². The molecule has 31 heavy (non-hydrogen) atoms. The van der Waals surface area contributed by atoms with Crippen LogP contribution in [0.4, 0.5) is 0 Å². The molecule has 0 aromatic heterocycles. The summed E-state index contributed by atoms with van der Waals surface area (Å²) in [5, 5.41) is 9.21. The van der Waals surface area contributed by atoms with Gasteiger partial charge in [0, 0.05) is 21.9 Å². The van der Waals surface area contributed by atoms with Crippen molar-refractivity contribution < 1.29 is 4.79 Å². The second kappa shape index (κ2) is 9.13. The van der Waals surface area contributed by atoms with Gasteiger partial charge in [-0.15, -0.1) is 12.6 Å². The van der Waals surface area contributed by atoms with Crippen LogP contribution in [0.25, 0.3) is 10.8 Å². The third kappa shape index (κ3) is 4.46. The standard InChI is InChI=1S/C26H23ClN2OS/c1-3-4-9-25(31)23-16-24(20-11-10-18-7-5-6-8-19(18)15-20)29(28-23)26(30)22-13-12-21(27)14-17(22)2/h3-15,24,31H,16H2,1-2H3/b4-3-,25-9-. The second-order valence-corrected chi connectivity index (χ2v) is 8.48. The normalized spacial score (nSPS) is 16.9. The van der Waals surface area contributed by atoms with Gasteiger partial charge in [-0.1, -0.05) is 60.2 Å². The van der Waals surface area contributed by atoms with Crippen molar-refractivity contribution in [2.24, 2.45) is 5.10 Å². The van der Waals surface area contributed by atoms with Gasteiger partial charge in [-0.3, -0.25) is 4.79 Å². The smallest absolute Gasteiger partial charge is 0.267 e. The van der Waals surface area contributed by atoms with Crippen LogP contribution in [0.2, 0.25) is 5.02 Å². The van der Waals surface area contributed by atoms with Crippen molar-refractivity contribution in [1.82, 2.24) is 5.01 Å². The molecular weight excluding hydrogens is 424 g/mol. The first-order chi connectivity index (χ1) is 15.0. The summed E-state index contributed by atoms with van der Waals surface area (Å²) in [6.45, 7) is 3.84. The van der Waals surface area contributed by atoms with Crippen molar-refractivity contribution in [3.63, 3.8) is 0 Å². The molecule has 0 N–H and O–H groups in total. The predicted octanol–water partition coefficient (Wildman–Crippen LogP) is 7.13. The highest BCUT2D eigenvalue weighted by Crippen LogP contribution is 2.36. The number of hydrogen-bond donors (Lipinski definition) is 1. The first-order valence-corrected chi connectivity index (χ1v) is 11.0. The fraction of sp³-hybridized carbons (Fsp3) is 0.154. The molecule has 1 heterocycles. The number of benzene rings is 3. The van der Waals surface area contributed by atoms with Gasteiger partial charge in [-0.05, 0) is 66.1 Å². The average Bonchev–Trinajstić information content (AvgIpc) is 3.22. The Morgan fingerprint density at radius 3 is 2.65 bits per heavy atom. The minimum absolute atomic E-state index is 0.144. The molecule has 3 nitrogen and oxygen atoms in total. The van der Waals surface area contributed by atoms with E-state index in [0.717, 1.165) is 27.1 Å². The molecule has 0 saturated heterocycles. The second-order valence-electron chi connectivity index (χ2n) is 7.56. The molecule has 3 aromatic rings. The van der Waals surface area contributed by atoms with E-state index in [-0.39, 0.29) is 11.9 Å². The van der Waals surface area contributed by atoms with E-state index in [1.54, 1.807) is 23.2 Å². The van der Waals surface area contributed by atoms with Crippen molar-refractivity contribution in [3.8, 4) is 0 Å². The van der Waals surface area contributed by atoms with Gasteiger partial charge in [0.1, 0.15) is 0 Å². The fourth-order valence-corrected chi connectivity index (χ4v) is 4.25. The zero-order chi connectivity index (χ0) is 22.0. The number of thiol groups is 1. The molecule has 0 radical (unpaired) electrons. The average molecular weight is 447 g/mol. The molecule has 5 heteroatoms. The van der Waals surface area contributed by atoms with Crippen molar-refractivity contribution in [2.45, 2.75) is 26.3 Å². The molecule has 1 unspecified atom stereocenters. The molecule has 0 spiro atoms. The number of carbonyl (C=O) groups is 1. The maximum Gasteiger partial charge on any atom is 0.274 e. The number of carbonyl (C=O) groups excluding carboxylic acids is 1. The summed E-state index contributed by atoms with van der Waals surface area (Å²) in [5.41, 5.74) is 3.26. The Labute approximate surface area is 193 Å². The van der Waals surface area contributed by atoms with Crippen LogP contribution in [0, 0.1) is 6.92 Å². The summed E-state index contributed by atoms with van der Waals surface area (Å²) in [4.78, 5) is 14.3. The number of rotatable bonds is 4. The van der Waals surface area contributed by atoms with Crippen LogP contribution in [-0.2, 0) is 0 Å². The molecule has 1 atom stereocenters. The Hall–Kier alpha value is -2.82. The van der Waals surface area contributed by atoms with Crippen LogP contribution in [0.15, 0.2) is 88.9 Å². The minimum Gasteiger partial charge on any atom is -0.267 e. The Kier molecular flexibility index (Phi) is 6.30. The van der Waals surface area contributed by atoms with E-state index in [1.807, 2.05) is 44.2 Å². The van der Waals surface area contributed by atoms with E-state index >= 15 is 0 Å². The van der Waals surface area contributed by atoms with E-state index in [0.29, 0.717) is 17.0 Å². The van der Waals surface area contributed by atoms with Crippen molar-refractivity contribution in [1.29, 1.82) is 0 Å². The van der Waals surface area contributed by atoms with Crippen LogP contribution in [0.5, 0.6) is 0 Å². The number of nitrogens with zero attached hydrogens (tertiary/aromatic N) is 2. The predicted molar refractivity (Wildman–Crippen MR) is 133 cm³/mol. The van der Waals surface area contributed by atoms with E-state index in [4.69, 9.17) is 16.7 Å². The highest BCUT2D eigenvalue weighted by atomic mass is 35.5. The number of hydrazone groups is 1. The highest BCUT2D eigenvalue weighted by Gasteiger charge is 2.34. The summed E-state index contributed by atoms with van der Waals surface area (Å²) >= 11 is 10.7. The molecule has 1 aliphatic heterocycles. The zero-order valence-corrected chi connectivity index (χ0v) is 19.1. The monoisotopic (exact) mass is 446 g/mol. The Bertz CT molecular complexity index is 1250. The lowest BCUT2D eigenvalue weighted by Gasteiger charge is -2.23. The van der Waals surface area contributed by atoms with Crippen LogP contribution in [0.3, 0.4) is 0 Å². The van der Waals surface area contributed by atoms with Gasteiger partial charge in [0.05, 0.1) is 11.8 Å². The third-order valence-electron chi connectivity index (χ3n) is 5.44. The molecule has 1 aliphatic rings. The van der Waals surface area contributed by atoms with Crippen molar-refractivity contribution in [3.05, 3.63) is 106 Å². The van der Waals surface area contributed by atoms with E-state index < -0.39 is 0 Å². The van der Waals surface area contributed by atoms with Gasteiger partial charge in [-0.25, -0.2) is 5.01 Å². The molecule has 3 aromatic carbocycles. The van der Waals surface area contributed by atoms with Gasteiger partial charge >= 0.3 is 0 Å². The maximum atomic E-state index is 13.5. The quantitative estimate of drug-likeness (QED) is 0.335. The van der Waals surface area contributed by atoms with Crippen LogP contribution >= 0.6 is 24.2 Å². The topological polar surface area (TPSA) is 32.7 Å². The lowest BCUT2D eigenvalue weighted by molar-refractivity contribution is 0.0710. The Balaban J connectivity index is 1.77. The molecule has 0 bridgehead atoms. The summed E-state index contributed by atoms with van der Waals surface area (Å²) in [7, 11) is 0. The minimum atomic E-state index is -0.205. The molecule has 0 saturated carbocycles. The Morgan fingerprint density at radius 1 is 1.13 bits per heavy atom. The molecular formula is C26H23ClN2OS. The number of hydrogen-bond acceptors (Lipinski definition) is 3. The highest BCUT2D eigenvalue weighted by molar-refractivity contribution is 7.85. The number of amides is 1. The summed E-state index contributed by atoms with van der Waals surface area (Å²) < 4.78 is 0. The number of fused-ring (bicyclic) bond motifs is 1. The van der Waals surface area contributed by atoms with Gasteiger partial charge in [0.15, 0.2) is 0 Å². The van der Waals surface area contributed by atoms with E-state index in [9.17, 15) is 4.79 Å². The first kappa shape index (κ1) is 21.4. The van der Waals surface area contributed by atoms with Gasteiger partial charge < -0.3 is 0 Å². The van der Waals surface area contributed by atoms with Gasteiger partial charge in [0.25, 0.3) is 5.91 Å². The lowest BCUT2D eigenvalue weighted by Crippen LogP contribution is -2.27. The SMILES string of the molecule is C/C=C\C=C(/S)C1=NN(C(=O)c2ccc(Cl)cc2C)C(c2ccc3ccccc3c2)C1. The lowest BCUT2D eigenvalue weighted by atomic mass is 9.97. The third-order valence-corrected chi connectivity index (χ3v) is 6.08. The molecule has 1 amide bonds. The largest absolute Gasteiger partial charge is 0.274 e. The molecule has 4 rings (SSSR count).